The van der Waals surface area contributed by atoms with Crippen molar-refractivity contribution in [2.24, 2.45) is 5.41 Å². The molecule has 21 heteroatoms. The Morgan fingerprint density at radius 3 is 2.24 bits per heavy atom. The number of benzene rings is 4. The molecule has 0 saturated carbocycles. The van der Waals surface area contributed by atoms with Crippen molar-refractivity contribution in [2.45, 2.75) is 72.1 Å². The van der Waals surface area contributed by atoms with Crippen molar-refractivity contribution >= 4 is 63.1 Å². The SMILES string of the molecule is Cc1ncsc1-c1ccc(CNC(=O)[C@@H]2C[C@@H](O)CN2C(=O)[C@@H](NC(=O)COCCOCCOCCOCCOCc2ccc(-c3ccc4ncnc(Nc5ccc(OCc6cccc(F)c6)c(Cl)c5)c4c3)o2)C(C)(C)C)cc1. The lowest BCUT2D eigenvalue weighted by molar-refractivity contribution is -0.144. The molecule has 4 heterocycles. The second-order valence-electron chi connectivity index (χ2n) is 19.8. The summed E-state index contributed by atoms with van der Waals surface area (Å²) in [6.45, 7) is 10.3. The number of hydrogen-bond acceptors (Lipinski definition) is 16. The van der Waals surface area contributed by atoms with Crippen LogP contribution in [0.5, 0.6) is 5.75 Å². The minimum atomic E-state index is -0.976. The van der Waals surface area contributed by atoms with Gasteiger partial charge in [-0.05, 0) is 89.7 Å². The molecule has 1 aliphatic rings. The van der Waals surface area contributed by atoms with E-state index in [9.17, 15) is 23.9 Å². The highest BCUT2D eigenvalue weighted by atomic mass is 35.5. The molecular weight excluding hydrogens is 1060 g/mol. The molecule has 1 fully saturated rings. The lowest BCUT2D eigenvalue weighted by Crippen LogP contribution is -2.58. The van der Waals surface area contributed by atoms with Gasteiger partial charge in [0.1, 0.15) is 67.1 Å². The summed E-state index contributed by atoms with van der Waals surface area (Å²) in [5.74, 6) is 0.696. The molecule has 4 N–H and O–H groups in total. The fraction of sp³-hybridized carbons (Fsp3) is 0.379. The number of amides is 3. The van der Waals surface area contributed by atoms with Crippen LogP contribution < -0.4 is 20.7 Å². The normalized spacial score (nSPS) is 14.8. The smallest absolute Gasteiger partial charge is 0.246 e. The number of hydrogen-bond donors (Lipinski definition) is 4. The molecule has 0 bridgehead atoms. The molecule has 3 amide bonds. The Balaban J connectivity index is 0.661. The Bertz CT molecular complexity index is 3140. The standard InChI is InChI=1S/C58H65ClFN7O11S/c1-37-53(79-36-64-37)40-10-8-38(9-11-40)30-61-56(70)49-29-44(68)31-67(49)57(71)54(58(2,3)4)66-52(69)34-76-25-23-74-21-19-72-18-20-73-22-24-75-33-45-14-17-50(78-45)41-12-15-48-46(27-41)55(63-35-62-48)65-43-13-16-51(47(59)28-43)77-32-39-6-5-7-42(60)26-39/h5-17,26-28,35-36,44,49,54,68H,18-25,29-34H2,1-4H3,(H,61,70)(H,66,69)(H,62,63,65)/t44-,49+,54-/m1/s1. The zero-order valence-electron chi connectivity index (χ0n) is 44.5. The summed E-state index contributed by atoms with van der Waals surface area (Å²) in [5, 5.41) is 20.8. The zero-order chi connectivity index (χ0) is 55.7. The summed E-state index contributed by atoms with van der Waals surface area (Å²) in [6.07, 6.45) is 0.695. The van der Waals surface area contributed by atoms with Gasteiger partial charge >= 0.3 is 0 Å². The van der Waals surface area contributed by atoms with E-state index in [2.05, 4.69) is 30.9 Å². The number of fused-ring (bicyclic) bond motifs is 1. The molecule has 8 rings (SSSR count). The van der Waals surface area contributed by atoms with Crippen LogP contribution in [0.15, 0.2) is 113 Å². The number of aryl methyl sites for hydroxylation is 1. The van der Waals surface area contributed by atoms with Crippen LogP contribution in [0.4, 0.5) is 15.9 Å². The van der Waals surface area contributed by atoms with Gasteiger partial charge in [-0.25, -0.2) is 19.3 Å². The molecule has 1 saturated heterocycles. The van der Waals surface area contributed by atoms with E-state index in [1.165, 1.54) is 23.4 Å². The lowest BCUT2D eigenvalue weighted by Gasteiger charge is -2.35. The largest absolute Gasteiger partial charge is 0.487 e. The van der Waals surface area contributed by atoms with Gasteiger partial charge in [-0.2, -0.15) is 0 Å². The predicted octanol–water partition coefficient (Wildman–Crippen LogP) is 8.83. The number of nitrogens with one attached hydrogen (secondary N) is 3. The van der Waals surface area contributed by atoms with Gasteiger partial charge in [0.05, 0.1) is 85.6 Å². The Morgan fingerprint density at radius 1 is 0.823 bits per heavy atom. The van der Waals surface area contributed by atoms with E-state index in [0.29, 0.717) is 79.0 Å². The number of likely N-dealkylation sites (tertiary alicyclic amines) is 1. The van der Waals surface area contributed by atoms with Crippen molar-refractivity contribution in [2.75, 3.05) is 71.3 Å². The fourth-order valence-electron chi connectivity index (χ4n) is 8.64. The average Bonchev–Trinajstić information content (AvgIpc) is 4.31. The highest BCUT2D eigenvalue weighted by molar-refractivity contribution is 7.13. The van der Waals surface area contributed by atoms with Gasteiger partial charge in [-0.15, -0.1) is 11.3 Å². The first-order valence-corrected chi connectivity index (χ1v) is 27.2. The zero-order valence-corrected chi connectivity index (χ0v) is 46.1. The van der Waals surface area contributed by atoms with Crippen LogP contribution >= 0.6 is 22.9 Å². The van der Waals surface area contributed by atoms with E-state index >= 15 is 0 Å². The first-order chi connectivity index (χ1) is 38.2. The minimum absolute atomic E-state index is 0.0249. The van der Waals surface area contributed by atoms with Gasteiger partial charge < -0.3 is 58.8 Å². The highest BCUT2D eigenvalue weighted by Gasteiger charge is 2.44. The molecule has 0 spiro atoms. The summed E-state index contributed by atoms with van der Waals surface area (Å²) in [4.78, 5) is 56.1. The number of furan rings is 1. The molecule has 4 aromatic carbocycles. The third-order valence-electron chi connectivity index (χ3n) is 12.7. The van der Waals surface area contributed by atoms with Crippen LogP contribution in [0.1, 0.15) is 49.8 Å². The van der Waals surface area contributed by atoms with E-state index in [-0.39, 0.29) is 64.3 Å². The predicted molar refractivity (Wildman–Crippen MR) is 297 cm³/mol. The van der Waals surface area contributed by atoms with Gasteiger partial charge in [0, 0.05) is 36.1 Å². The van der Waals surface area contributed by atoms with Crippen LogP contribution in [0.25, 0.3) is 32.7 Å². The molecule has 0 radical (unpaired) electrons. The number of aromatic nitrogens is 3. The number of β-amino-alcohol motifs (C(OH)–C–C–N with tert-alkyl or cyclic N) is 1. The van der Waals surface area contributed by atoms with E-state index in [4.69, 9.17) is 44.4 Å². The van der Waals surface area contributed by atoms with Gasteiger partial charge in [-0.1, -0.05) is 68.8 Å². The van der Waals surface area contributed by atoms with E-state index in [1.807, 2.05) is 93.9 Å². The summed E-state index contributed by atoms with van der Waals surface area (Å²) in [6, 6.07) is 27.0. The van der Waals surface area contributed by atoms with Gasteiger partial charge in [0.2, 0.25) is 17.7 Å². The summed E-state index contributed by atoms with van der Waals surface area (Å²) in [7, 11) is 0. The van der Waals surface area contributed by atoms with Crippen LogP contribution in [0, 0.1) is 18.2 Å². The van der Waals surface area contributed by atoms with E-state index in [1.54, 1.807) is 35.6 Å². The maximum atomic E-state index is 14.0. The van der Waals surface area contributed by atoms with Crippen LogP contribution in [0.3, 0.4) is 0 Å². The van der Waals surface area contributed by atoms with Crippen molar-refractivity contribution in [1.82, 2.24) is 30.5 Å². The first-order valence-electron chi connectivity index (χ1n) is 25.9. The van der Waals surface area contributed by atoms with Crippen molar-refractivity contribution in [3.05, 3.63) is 142 Å². The number of carbonyl (C=O) groups excluding carboxylic acids is 3. The van der Waals surface area contributed by atoms with Crippen molar-refractivity contribution in [3.63, 3.8) is 0 Å². The average molecular weight is 1120 g/mol. The Kier molecular flexibility index (Phi) is 20.9. The maximum Gasteiger partial charge on any atom is 0.246 e. The van der Waals surface area contributed by atoms with E-state index < -0.39 is 35.4 Å². The number of anilines is 2. The van der Waals surface area contributed by atoms with Gasteiger partial charge in [0.25, 0.3) is 0 Å². The number of ether oxygens (including phenoxy) is 6. The number of nitrogens with zero attached hydrogens (tertiary/aromatic N) is 4. The van der Waals surface area contributed by atoms with Crippen molar-refractivity contribution < 1.29 is 56.7 Å². The molecule has 0 aliphatic carbocycles. The van der Waals surface area contributed by atoms with Gasteiger partial charge in [-0.3, -0.25) is 14.4 Å². The quantitative estimate of drug-likeness (QED) is 0.0337. The molecule has 418 valence electrons. The number of rotatable bonds is 28. The van der Waals surface area contributed by atoms with Crippen LogP contribution in [-0.2, 0) is 57.8 Å². The second kappa shape index (κ2) is 28.3. The molecule has 3 aromatic heterocycles. The molecule has 3 atom stereocenters. The number of aliphatic hydroxyl groups is 1. The van der Waals surface area contributed by atoms with Crippen molar-refractivity contribution in [3.8, 4) is 27.5 Å². The minimum Gasteiger partial charge on any atom is -0.487 e. The van der Waals surface area contributed by atoms with Gasteiger partial charge in [0.15, 0.2) is 0 Å². The highest BCUT2D eigenvalue weighted by Crippen LogP contribution is 2.34. The Morgan fingerprint density at radius 2 is 1.54 bits per heavy atom. The van der Waals surface area contributed by atoms with Crippen LogP contribution in [-0.4, -0.2) is 127 Å². The Labute approximate surface area is 466 Å². The molecule has 79 heavy (non-hydrogen) atoms. The lowest BCUT2D eigenvalue weighted by atomic mass is 9.85. The van der Waals surface area contributed by atoms with Crippen molar-refractivity contribution in [1.29, 1.82) is 0 Å². The molecule has 0 unspecified atom stereocenters. The topological polar surface area (TPSA) is 218 Å². The summed E-state index contributed by atoms with van der Waals surface area (Å²) >= 11 is 8.12. The number of aliphatic hydroxyl groups excluding tert-OH is 1. The number of carbonyl (C=O) groups is 3. The maximum absolute atomic E-state index is 14.0. The third-order valence-corrected chi connectivity index (χ3v) is 14.0. The molecule has 1 aliphatic heterocycles. The molecular formula is C58H65ClFN7O11S. The fourth-order valence-corrected chi connectivity index (χ4v) is 9.69. The van der Waals surface area contributed by atoms with Crippen LogP contribution in [0.2, 0.25) is 5.02 Å². The first kappa shape index (κ1) is 58.3. The third kappa shape index (κ3) is 16.8. The molecule has 18 nitrogen and oxygen atoms in total. The number of thiazole rings is 1. The Hall–Kier alpha value is -6.88. The summed E-state index contributed by atoms with van der Waals surface area (Å²) < 4.78 is 53.7. The monoisotopic (exact) mass is 1120 g/mol. The second-order valence-corrected chi connectivity index (χ2v) is 21.1. The van der Waals surface area contributed by atoms with E-state index in [0.717, 1.165) is 38.2 Å². The number of halogens is 2. The summed E-state index contributed by atoms with van der Waals surface area (Å²) in [5.41, 5.74) is 6.94. The molecule has 7 aromatic rings.